The highest BCUT2D eigenvalue weighted by molar-refractivity contribution is 6.32. The number of halogens is 2. The van der Waals surface area contributed by atoms with Crippen LogP contribution in [0.1, 0.15) is 24.4 Å². The van der Waals surface area contributed by atoms with Crippen LogP contribution in [-0.2, 0) is 4.74 Å². The van der Waals surface area contributed by atoms with E-state index in [-0.39, 0.29) is 23.9 Å². The molecule has 2 aromatic heterocycles. The summed E-state index contributed by atoms with van der Waals surface area (Å²) < 4.78 is 26.9. The summed E-state index contributed by atoms with van der Waals surface area (Å²) in [5, 5.41) is 10.2. The summed E-state index contributed by atoms with van der Waals surface area (Å²) in [4.78, 5) is 17.0. The minimum Gasteiger partial charge on any atom is -0.439 e. The van der Waals surface area contributed by atoms with Gasteiger partial charge in [0.05, 0.1) is 36.9 Å². The van der Waals surface area contributed by atoms with Crippen LogP contribution in [0.25, 0.3) is 5.69 Å². The number of benzene rings is 1. The van der Waals surface area contributed by atoms with E-state index in [2.05, 4.69) is 20.7 Å². The molecule has 2 saturated heterocycles. The van der Waals surface area contributed by atoms with Crippen LogP contribution >= 0.6 is 11.6 Å². The Balaban J connectivity index is 1.26. The third-order valence-electron chi connectivity index (χ3n) is 5.67. The van der Waals surface area contributed by atoms with E-state index in [9.17, 15) is 9.18 Å². The number of ether oxygens (including phenoxy) is 2. The SMILES string of the molecule is O=c1c(Cl)c(NC[C@@]2(F)CCCOC2)cnn1-c1ccc(Oc2ccc(C3CN3)cc2)nc1. The van der Waals surface area contributed by atoms with Gasteiger partial charge < -0.3 is 20.1 Å². The highest BCUT2D eigenvalue weighted by atomic mass is 35.5. The number of hydrogen-bond donors (Lipinski definition) is 2. The largest absolute Gasteiger partial charge is 0.439 e. The maximum atomic E-state index is 14.7. The van der Waals surface area contributed by atoms with Crippen LogP contribution in [0.4, 0.5) is 10.1 Å². The first-order chi connectivity index (χ1) is 16.0. The molecule has 1 unspecified atom stereocenters. The summed E-state index contributed by atoms with van der Waals surface area (Å²) in [5.74, 6) is 1.05. The Hall–Kier alpha value is -3.01. The Kier molecular flexibility index (Phi) is 6.01. The maximum absolute atomic E-state index is 14.7. The second-order valence-corrected chi connectivity index (χ2v) is 8.61. The van der Waals surface area contributed by atoms with Crippen molar-refractivity contribution in [1.29, 1.82) is 0 Å². The smallest absolute Gasteiger partial charge is 0.292 e. The molecule has 0 aliphatic carbocycles. The van der Waals surface area contributed by atoms with E-state index in [4.69, 9.17) is 21.1 Å². The van der Waals surface area contributed by atoms with Crippen molar-refractivity contribution >= 4 is 17.3 Å². The molecule has 2 aliphatic rings. The van der Waals surface area contributed by atoms with Crippen molar-refractivity contribution in [1.82, 2.24) is 20.1 Å². The fraction of sp³-hybridized carbons (Fsp3) is 0.348. The van der Waals surface area contributed by atoms with Crippen LogP contribution in [0.5, 0.6) is 11.6 Å². The number of nitrogens with one attached hydrogen (secondary N) is 2. The lowest BCUT2D eigenvalue weighted by molar-refractivity contribution is -0.0234. The number of anilines is 1. The monoisotopic (exact) mass is 471 g/mol. The average molecular weight is 472 g/mol. The highest BCUT2D eigenvalue weighted by Gasteiger charge is 2.32. The van der Waals surface area contributed by atoms with Crippen LogP contribution in [0.2, 0.25) is 5.02 Å². The van der Waals surface area contributed by atoms with Gasteiger partial charge in [0.25, 0.3) is 5.56 Å². The lowest BCUT2D eigenvalue weighted by Gasteiger charge is -2.29. The molecule has 2 fully saturated rings. The van der Waals surface area contributed by atoms with Gasteiger partial charge in [-0.3, -0.25) is 4.79 Å². The number of alkyl halides is 1. The van der Waals surface area contributed by atoms with Gasteiger partial charge in [-0.05, 0) is 36.6 Å². The second-order valence-electron chi connectivity index (χ2n) is 8.24. The van der Waals surface area contributed by atoms with Crippen LogP contribution in [0.3, 0.4) is 0 Å². The quantitative estimate of drug-likeness (QED) is 0.507. The second kappa shape index (κ2) is 9.09. The molecule has 1 aromatic carbocycles. The van der Waals surface area contributed by atoms with Crippen LogP contribution in [0.15, 0.2) is 53.6 Å². The van der Waals surface area contributed by atoms with Crippen molar-refractivity contribution < 1.29 is 13.9 Å². The fourth-order valence-electron chi connectivity index (χ4n) is 3.69. The van der Waals surface area contributed by atoms with E-state index < -0.39 is 11.2 Å². The van der Waals surface area contributed by atoms with Gasteiger partial charge in [0.2, 0.25) is 5.88 Å². The molecule has 8 nitrogen and oxygen atoms in total. The molecule has 2 atom stereocenters. The molecule has 0 amide bonds. The van der Waals surface area contributed by atoms with Gasteiger partial charge in [0.15, 0.2) is 5.67 Å². The van der Waals surface area contributed by atoms with E-state index in [1.165, 1.54) is 18.0 Å². The predicted octanol–water partition coefficient (Wildman–Crippen LogP) is 3.65. The minimum absolute atomic E-state index is 0.0103. The summed E-state index contributed by atoms with van der Waals surface area (Å²) in [6.07, 6.45) is 3.93. The predicted molar refractivity (Wildman–Crippen MR) is 122 cm³/mol. The zero-order valence-corrected chi connectivity index (χ0v) is 18.5. The summed E-state index contributed by atoms with van der Waals surface area (Å²) in [5.41, 5.74) is -0.101. The molecule has 0 saturated carbocycles. The Labute approximate surface area is 194 Å². The van der Waals surface area contributed by atoms with E-state index in [1.54, 1.807) is 12.1 Å². The molecule has 0 spiro atoms. The summed E-state index contributed by atoms with van der Waals surface area (Å²) in [6, 6.07) is 11.6. The molecule has 0 radical (unpaired) electrons. The molecule has 172 valence electrons. The van der Waals surface area contributed by atoms with E-state index in [0.29, 0.717) is 42.8 Å². The molecular formula is C23H23ClFN5O3. The van der Waals surface area contributed by atoms with Crippen molar-refractivity contribution in [3.63, 3.8) is 0 Å². The summed E-state index contributed by atoms with van der Waals surface area (Å²) in [6.45, 7) is 1.57. The molecule has 5 rings (SSSR count). The molecule has 3 aromatic rings. The van der Waals surface area contributed by atoms with Crippen molar-refractivity contribution in [2.75, 3.05) is 31.6 Å². The Morgan fingerprint density at radius 3 is 2.76 bits per heavy atom. The van der Waals surface area contributed by atoms with Crippen molar-refractivity contribution in [2.45, 2.75) is 24.6 Å². The van der Waals surface area contributed by atoms with Gasteiger partial charge in [0, 0.05) is 25.3 Å². The number of pyridine rings is 1. The van der Waals surface area contributed by atoms with Gasteiger partial charge in [-0.2, -0.15) is 9.78 Å². The van der Waals surface area contributed by atoms with Gasteiger partial charge in [-0.1, -0.05) is 23.7 Å². The Bertz CT molecular complexity index is 1180. The van der Waals surface area contributed by atoms with Crippen LogP contribution < -0.4 is 20.9 Å². The molecule has 0 bridgehead atoms. The van der Waals surface area contributed by atoms with E-state index in [1.807, 2.05) is 24.3 Å². The minimum atomic E-state index is -1.49. The first-order valence-corrected chi connectivity index (χ1v) is 11.1. The average Bonchev–Trinajstić information content (AvgIpc) is 3.67. The van der Waals surface area contributed by atoms with Gasteiger partial charge in [-0.25, -0.2) is 9.37 Å². The normalized spacial score (nSPS) is 22.1. The zero-order valence-electron chi connectivity index (χ0n) is 17.8. The standard InChI is InChI=1S/C23H23ClFN5O3/c24-21-19(28-13-23(25)8-1-9-32-14-23)12-29-30(22(21)31)16-4-7-20(27-10-16)33-17-5-2-15(3-6-17)18-11-26-18/h2-7,10,12,18,26,28H,1,8-9,11,13-14H2/t18?,23-/m0/s1. The van der Waals surface area contributed by atoms with Crippen molar-refractivity contribution in [3.8, 4) is 17.3 Å². The Morgan fingerprint density at radius 2 is 2.09 bits per heavy atom. The maximum Gasteiger partial charge on any atom is 0.292 e. The fourth-order valence-corrected chi connectivity index (χ4v) is 3.89. The summed E-state index contributed by atoms with van der Waals surface area (Å²) in [7, 11) is 0. The first kappa shape index (κ1) is 21.8. The zero-order chi connectivity index (χ0) is 22.8. The lowest BCUT2D eigenvalue weighted by Crippen LogP contribution is -2.40. The molecule has 2 N–H and O–H groups in total. The number of rotatable bonds is 7. The van der Waals surface area contributed by atoms with Gasteiger partial charge in [-0.15, -0.1) is 0 Å². The highest BCUT2D eigenvalue weighted by Crippen LogP contribution is 2.27. The summed E-state index contributed by atoms with van der Waals surface area (Å²) >= 11 is 6.25. The number of nitrogens with zero attached hydrogens (tertiary/aromatic N) is 3. The third kappa shape index (κ3) is 5.00. The molecule has 33 heavy (non-hydrogen) atoms. The van der Waals surface area contributed by atoms with E-state index in [0.717, 1.165) is 11.2 Å². The lowest BCUT2D eigenvalue weighted by atomic mass is 9.99. The first-order valence-electron chi connectivity index (χ1n) is 10.8. The van der Waals surface area contributed by atoms with Gasteiger partial charge in [0.1, 0.15) is 10.8 Å². The van der Waals surface area contributed by atoms with Crippen molar-refractivity contribution in [3.05, 3.63) is 69.7 Å². The topological polar surface area (TPSA) is 100 Å². The molecule has 2 aliphatic heterocycles. The molecule has 10 heteroatoms. The number of hydrogen-bond acceptors (Lipinski definition) is 7. The molecular weight excluding hydrogens is 449 g/mol. The van der Waals surface area contributed by atoms with Crippen molar-refractivity contribution in [2.24, 2.45) is 0 Å². The number of aromatic nitrogens is 3. The molecule has 4 heterocycles. The third-order valence-corrected chi connectivity index (χ3v) is 6.03. The Morgan fingerprint density at radius 1 is 1.27 bits per heavy atom. The van der Waals surface area contributed by atoms with Crippen LogP contribution in [0, 0.1) is 0 Å². The van der Waals surface area contributed by atoms with E-state index >= 15 is 0 Å². The van der Waals surface area contributed by atoms with Crippen LogP contribution in [-0.4, -0.2) is 46.7 Å². The van der Waals surface area contributed by atoms with Gasteiger partial charge >= 0.3 is 0 Å².